The Morgan fingerprint density at radius 3 is 2.20 bits per heavy atom. The number of carbonyl (C=O) groups excluding carboxylic acids is 1. The predicted octanol–water partition coefficient (Wildman–Crippen LogP) is -0.271. The van der Waals surface area contributed by atoms with Gasteiger partial charge in [0.1, 0.15) is 5.92 Å². The quantitative estimate of drug-likeness (QED) is 0.638. The Morgan fingerprint density at radius 2 is 1.73 bits per heavy atom. The minimum absolute atomic E-state index is 0.181. The van der Waals surface area contributed by atoms with Crippen LogP contribution in [-0.4, -0.2) is 48.2 Å². The Morgan fingerprint density at radius 1 is 1.20 bits per heavy atom. The molecule has 4 atom stereocenters. The first-order valence-corrected chi connectivity index (χ1v) is 4.80. The maximum atomic E-state index is 11.8. The predicted molar refractivity (Wildman–Crippen MR) is 51.1 cm³/mol. The van der Waals surface area contributed by atoms with Crippen molar-refractivity contribution in [3.63, 3.8) is 0 Å². The molecule has 4 unspecified atom stereocenters. The van der Waals surface area contributed by atoms with Crippen LogP contribution in [-0.2, 0) is 14.3 Å². The molecule has 0 aromatic heterocycles. The first-order valence-electron chi connectivity index (χ1n) is 4.80. The zero-order chi connectivity index (χ0) is 11.2. The smallest absolute Gasteiger partial charge is 0.310 e. The highest BCUT2D eigenvalue weighted by atomic mass is 16.5. The van der Waals surface area contributed by atoms with Gasteiger partial charge in [0.2, 0.25) is 5.91 Å². The molecule has 2 rings (SSSR count). The molecule has 5 nitrogen and oxygen atoms in total. The van der Waals surface area contributed by atoms with Gasteiger partial charge in [0.05, 0.1) is 18.1 Å². The fraction of sp³-hybridized carbons (Fsp3) is 0.600. The molecule has 1 amide bonds. The van der Waals surface area contributed by atoms with Gasteiger partial charge in [-0.1, -0.05) is 12.2 Å². The fourth-order valence-corrected chi connectivity index (χ4v) is 2.19. The Bertz CT molecular complexity index is 336. The number of amides is 1. The van der Waals surface area contributed by atoms with Crippen molar-refractivity contribution in [2.75, 3.05) is 14.1 Å². The van der Waals surface area contributed by atoms with E-state index in [1.165, 1.54) is 4.90 Å². The van der Waals surface area contributed by atoms with Crippen molar-refractivity contribution in [3.8, 4) is 0 Å². The lowest BCUT2D eigenvalue weighted by Gasteiger charge is -2.23. The van der Waals surface area contributed by atoms with E-state index in [0.717, 1.165) is 0 Å². The van der Waals surface area contributed by atoms with E-state index < -0.39 is 23.9 Å². The number of nitrogens with zero attached hydrogens (tertiary/aromatic N) is 1. The normalized spacial score (nSPS) is 36.9. The minimum Gasteiger partial charge on any atom is -0.481 e. The third-order valence-corrected chi connectivity index (χ3v) is 2.91. The first kappa shape index (κ1) is 10.2. The van der Waals surface area contributed by atoms with Crippen molar-refractivity contribution in [1.82, 2.24) is 4.90 Å². The molecule has 82 valence electrons. The molecule has 0 radical (unpaired) electrons. The third kappa shape index (κ3) is 1.43. The van der Waals surface area contributed by atoms with Crippen LogP contribution in [0.2, 0.25) is 0 Å². The van der Waals surface area contributed by atoms with E-state index in [2.05, 4.69) is 0 Å². The zero-order valence-corrected chi connectivity index (χ0v) is 8.58. The molecule has 0 saturated carbocycles. The van der Waals surface area contributed by atoms with Crippen molar-refractivity contribution in [3.05, 3.63) is 12.2 Å². The highest BCUT2D eigenvalue weighted by molar-refractivity contribution is 5.87. The number of aliphatic carboxylic acids is 1. The van der Waals surface area contributed by atoms with Crippen molar-refractivity contribution in [1.29, 1.82) is 0 Å². The largest absolute Gasteiger partial charge is 0.481 e. The Balaban J connectivity index is 2.27. The number of hydrogen-bond donors (Lipinski definition) is 1. The molecule has 15 heavy (non-hydrogen) atoms. The molecule has 0 aliphatic carbocycles. The maximum absolute atomic E-state index is 11.8. The standard InChI is InChI=1S/C10H13NO4/c1-11(2)9(12)7-5-3-4-6(15-5)8(7)10(13)14/h3-8H,1-2H3,(H,13,14). The van der Waals surface area contributed by atoms with Crippen LogP contribution in [0.5, 0.6) is 0 Å². The Hall–Kier alpha value is -1.36. The molecule has 2 aliphatic rings. The monoisotopic (exact) mass is 211 g/mol. The summed E-state index contributed by atoms with van der Waals surface area (Å²) in [6, 6.07) is 0. The minimum atomic E-state index is -0.966. The van der Waals surface area contributed by atoms with Gasteiger partial charge in [0.25, 0.3) is 0 Å². The second kappa shape index (κ2) is 3.34. The lowest BCUT2D eigenvalue weighted by atomic mass is 9.82. The van der Waals surface area contributed by atoms with Gasteiger partial charge >= 0.3 is 5.97 Å². The number of carbonyl (C=O) groups is 2. The molecule has 0 aromatic rings. The molecule has 0 spiro atoms. The molecule has 1 fully saturated rings. The van der Waals surface area contributed by atoms with Gasteiger partial charge < -0.3 is 14.7 Å². The van der Waals surface area contributed by atoms with Crippen LogP contribution in [0, 0.1) is 11.8 Å². The fourth-order valence-electron chi connectivity index (χ4n) is 2.19. The van der Waals surface area contributed by atoms with Gasteiger partial charge in [-0.2, -0.15) is 0 Å². The molecule has 5 heteroatoms. The third-order valence-electron chi connectivity index (χ3n) is 2.91. The molecular formula is C10H13NO4. The van der Waals surface area contributed by atoms with Crippen molar-refractivity contribution < 1.29 is 19.4 Å². The Kier molecular flexibility index (Phi) is 2.26. The topological polar surface area (TPSA) is 66.8 Å². The van der Waals surface area contributed by atoms with E-state index in [1.54, 1.807) is 26.2 Å². The maximum Gasteiger partial charge on any atom is 0.310 e. The summed E-state index contributed by atoms with van der Waals surface area (Å²) >= 11 is 0. The summed E-state index contributed by atoms with van der Waals surface area (Å²) in [6.07, 6.45) is 2.69. The summed E-state index contributed by atoms with van der Waals surface area (Å²) in [7, 11) is 3.24. The van der Waals surface area contributed by atoms with Crippen LogP contribution in [0.25, 0.3) is 0 Å². The van der Waals surface area contributed by atoms with E-state index in [4.69, 9.17) is 9.84 Å². The number of carboxylic acid groups (broad SMARTS) is 1. The Labute approximate surface area is 87.3 Å². The highest BCUT2D eigenvalue weighted by Gasteiger charge is 2.53. The van der Waals surface area contributed by atoms with Crippen LogP contribution in [0.1, 0.15) is 0 Å². The first-order chi connectivity index (χ1) is 7.02. The molecule has 2 heterocycles. The summed E-state index contributed by atoms with van der Waals surface area (Å²) in [5, 5.41) is 9.05. The van der Waals surface area contributed by atoms with E-state index in [0.29, 0.717) is 0 Å². The molecular weight excluding hydrogens is 198 g/mol. The summed E-state index contributed by atoms with van der Waals surface area (Å²) in [4.78, 5) is 24.3. The van der Waals surface area contributed by atoms with Crippen molar-refractivity contribution >= 4 is 11.9 Å². The number of rotatable bonds is 2. The second-order valence-corrected chi connectivity index (χ2v) is 4.07. The van der Waals surface area contributed by atoms with Crippen LogP contribution in [0.15, 0.2) is 12.2 Å². The number of ether oxygens (including phenoxy) is 1. The van der Waals surface area contributed by atoms with Crippen LogP contribution < -0.4 is 0 Å². The number of carboxylic acids is 1. The van der Waals surface area contributed by atoms with Gasteiger partial charge in [-0.25, -0.2) is 0 Å². The lowest BCUT2D eigenvalue weighted by Crippen LogP contribution is -2.41. The van der Waals surface area contributed by atoms with Crippen LogP contribution in [0.3, 0.4) is 0 Å². The van der Waals surface area contributed by atoms with E-state index >= 15 is 0 Å². The summed E-state index contributed by atoms with van der Waals surface area (Å²) in [6.45, 7) is 0. The van der Waals surface area contributed by atoms with Gasteiger partial charge in [-0.05, 0) is 0 Å². The van der Waals surface area contributed by atoms with Crippen molar-refractivity contribution in [2.24, 2.45) is 11.8 Å². The summed E-state index contributed by atoms with van der Waals surface area (Å²) < 4.78 is 5.39. The highest BCUT2D eigenvalue weighted by Crippen LogP contribution is 2.39. The molecule has 2 bridgehead atoms. The molecule has 1 N–H and O–H groups in total. The van der Waals surface area contributed by atoms with Gasteiger partial charge in [0.15, 0.2) is 0 Å². The molecule has 2 aliphatic heterocycles. The van der Waals surface area contributed by atoms with E-state index in [1.807, 2.05) is 0 Å². The average molecular weight is 211 g/mol. The molecule has 1 saturated heterocycles. The average Bonchev–Trinajstić information content (AvgIpc) is 2.74. The van der Waals surface area contributed by atoms with Crippen LogP contribution in [0.4, 0.5) is 0 Å². The SMILES string of the molecule is CN(C)C(=O)C1C2C=CC(O2)C1C(=O)O. The number of fused-ring (bicyclic) bond motifs is 2. The summed E-state index contributed by atoms with van der Waals surface area (Å²) in [5.74, 6) is -2.46. The second-order valence-electron chi connectivity index (χ2n) is 4.07. The zero-order valence-electron chi connectivity index (χ0n) is 8.58. The van der Waals surface area contributed by atoms with Gasteiger partial charge in [-0.3, -0.25) is 9.59 Å². The summed E-state index contributed by atoms with van der Waals surface area (Å²) in [5.41, 5.74) is 0. The van der Waals surface area contributed by atoms with Crippen molar-refractivity contribution in [2.45, 2.75) is 12.2 Å². The van der Waals surface area contributed by atoms with Crippen LogP contribution >= 0.6 is 0 Å². The number of hydrogen-bond acceptors (Lipinski definition) is 3. The molecule has 0 aromatic carbocycles. The van der Waals surface area contributed by atoms with E-state index in [9.17, 15) is 9.59 Å². The lowest BCUT2D eigenvalue weighted by molar-refractivity contribution is -0.148. The van der Waals surface area contributed by atoms with Gasteiger partial charge in [-0.15, -0.1) is 0 Å². The van der Waals surface area contributed by atoms with Gasteiger partial charge in [0, 0.05) is 14.1 Å². The van der Waals surface area contributed by atoms with E-state index in [-0.39, 0.29) is 12.0 Å².